The first-order valence-corrected chi connectivity index (χ1v) is 5.90. The molecule has 0 spiro atoms. The molecule has 4 atom stereocenters. The normalized spacial score (nSPS) is 39.3. The van der Waals surface area contributed by atoms with E-state index in [1.165, 1.54) is 0 Å². The maximum Gasteiger partial charge on any atom is 0.211 e. The zero-order valence-corrected chi connectivity index (χ0v) is 11.1. The van der Waals surface area contributed by atoms with Crippen LogP contribution in [0.25, 0.3) is 0 Å². The van der Waals surface area contributed by atoms with Gasteiger partial charge in [0.2, 0.25) is 1.43 Å². The summed E-state index contributed by atoms with van der Waals surface area (Å²) in [5.74, 6) is 0.282. The highest BCUT2D eigenvalue weighted by Crippen LogP contribution is 2.47. The molecule has 2 nitrogen and oxygen atoms in total. The van der Waals surface area contributed by atoms with Crippen molar-refractivity contribution in [1.82, 2.24) is 0 Å². The zero-order chi connectivity index (χ0) is 12.7. The van der Waals surface area contributed by atoms with Crippen molar-refractivity contribution < 1.29 is 9.85 Å². The zero-order valence-electron chi connectivity index (χ0n) is 12.1. The summed E-state index contributed by atoms with van der Waals surface area (Å²) in [6.07, 6.45) is 0.0428. The van der Waals surface area contributed by atoms with Crippen LogP contribution in [0.1, 0.15) is 48.5 Å². The Labute approximate surface area is 95.5 Å². The Morgan fingerprint density at radius 2 is 1.67 bits per heavy atom. The summed E-state index contributed by atoms with van der Waals surface area (Å²) in [4.78, 5) is 0. The lowest BCUT2D eigenvalue weighted by Crippen LogP contribution is -2.46. The van der Waals surface area contributed by atoms with Crippen LogP contribution in [0, 0.1) is 16.7 Å². The summed E-state index contributed by atoms with van der Waals surface area (Å²) < 4.78 is 13.3. The van der Waals surface area contributed by atoms with Crippen LogP contribution in [0.2, 0.25) is 0 Å². The number of aliphatic hydroxyl groups is 1. The van der Waals surface area contributed by atoms with Crippen molar-refractivity contribution in [2.75, 3.05) is 0 Å². The molecule has 90 valence electrons. The van der Waals surface area contributed by atoms with E-state index >= 15 is 0 Å². The first-order chi connectivity index (χ1) is 7.13. The predicted molar refractivity (Wildman–Crippen MR) is 62.7 cm³/mol. The van der Waals surface area contributed by atoms with Gasteiger partial charge in [0.05, 0.1) is 18.3 Å². The second-order valence-electron chi connectivity index (χ2n) is 6.56. The van der Waals surface area contributed by atoms with Crippen LogP contribution >= 0.6 is 0 Å². The summed E-state index contributed by atoms with van der Waals surface area (Å²) in [5.41, 5.74) is 0.107. The Morgan fingerprint density at radius 1 is 1.13 bits per heavy atom. The molecule has 0 aromatic carbocycles. The monoisotopic (exact) mass is 216 g/mol. The molecule has 0 bridgehead atoms. The molecule has 0 aliphatic carbocycles. The van der Waals surface area contributed by atoms with E-state index in [0.29, 0.717) is 0 Å². The SMILES string of the molecule is [3H]O[C@@H]1C(C(C)(C)C(C)(C)C)O[C@@H](C)[C@@H]1C. The van der Waals surface area contributed by atoms with Crippen LogP contribution < -0.4 is 0 Å². The highest BCUT2D eigenvalue weighted by atomic mass is 16.5. The van der Waals surface area contributed by atoms with E-state index in [9.17, 15) is 0 Å². The molecular weight excluding hydrogens is 188 g/mol. The summed E-state index contributed by atoms with van der Waals surface area (Å²) in [6.45, 7) is 15.2. The number of ether oxygens (including phenoxy) is 1. The topological polar surface area (TPSA) is 29.5 Å². The standard InChI is InChI=1S/C13H26O2/c1-8-9(2)15-11(10(8)14)13(6,7)12(3,4)5/h8-11,14H,1-7H3/t8-,9-,10-,11?/m0/s1/i14T. The first kappa shape index (κ1) is 11.4. The molecular formula is C13H26O2. The van der Waals surface area contributed by atoms with Gasteiger partial charge in [-0.05, 0) is 17.8 Å². The van der Waals surface area contributed by atoms with Crippen molar-refractivity contribution in [1.29, 1.82) is 1.43 Å². The summed E-state index contributed by atoms with van der Waals surface area (Å²) in [5, 5.41) is 4.91. The van der Waals surface area contributed by atoms with E-state index in [1.807, 2.05) is 0 Å². The number of rotatable bonds is 2. The van der Waals surface area contributed by atoms with Crippen molar-refractivity contribution in [2.45, 2.75) is 66.8 Å². The van der Waals surface area contributed by atoms with E-state index in [1.54, 1.807) is 0 Å². The third-order valence-corrected chi connectivity index (χ3v) is 4.56. The van der Waals surface area contributed by atoms with Gasteiger partial charge in [-0.2, -0.15) is 0 Å². The van der Waals surface area contributed by atoms with Crippen molar-refractivity contribution in [3.05, 3.63) is 0 Å². The van der Waals surface area contributed by atoms with E-state index in [-0.39, 0.29) is 35.1 Å². The molecule has 1 aliphatic rings. The average molecular weight is 216 g/mol. The lowest BCUT2D eigenvalue weighted by atomic mass is 9.64. The molecule has 1 unspecified atom stereocenters. The number of aliphatic hydroxyl groups excluding tert-OH is 1. The van der Waals surface area contributed by atoms with Gasteiger partial charge in [0.25, 0.3) is 0 Å². The smallest absolute Gasteiger partial charge is 0.211 e. The maximum atomic E-state index is 7.26. The van der Waals surface area contributed by atoms with Crippen LogP contribution in [0.3, 0.4) is 0 Å². The van der Waals surface area contributed by atoms with Crippen molar-refractivity contribution in [3.63, 3.8) is 0 Å². The summed E-state index contributed by atoms with van der Waals surface area (Å²) in [7, 11) is 0. The molecule has 0 amide bonds. The largest absolute Gasteiger partial charge is 0.390 e. The van der Waals surface area contributed by atoms with E-state index < -0.39 is 0 Å². The molecule has 1 saturated heterocycles. The van der Waals surface area contributed by atoms with Crippen molar-refractivity contribution in [2.24, 2.45) is 16.7 Å². The van der Waals surface area contributed by atoms with Crippen LogP contribution in [-0.4, -0.2) is 24.9 Å². The second kappa shape index (κ2) is 3.74. The predicted octanol–water partition coefficient (Wildman–Crippen LogP) is 2.84. The molecule has 1 aliphatic heterocycles. The Bertz CT molecular complexity index is 245. The fourth-order valence-corrected chi connectivity index (χ4v) is 1.98. The summed E-state index contributed by atoms with van der Waals surface area (Å²) in [6, 6.07) is 0. The van der Waals surface area contributed by atoms with Gasteiger partial charge in [-0.3, -0.25) is 0 Å². The highest BCUT2D eigenvalue weighted by Gasteiger charge is 2.50. The number of hydrogen-bond donors (Lipinski definition) is 1. The molecule has 1 fully saturated rings. The molecule has 0 saturated carbocycles. The van der Waals surface area contributed by atoms with Gasteiger partial charge >= 0.3 is 0 Å². The van der Waals surface area contributed by atoms with E-state index in [4.69, 9.17) is 11.3 Å². The Kier molecular flexibility index (Phi) is 2.85. The van der Waals surface area contributed by atoms with Gasteiger partial charge in [-0.25, -0.2) is 0 Å². The van der Waals surface area contributed by atoms with E-state index in [0.717, 1.165) is 0 Å². The molecule has 1 rings (SSSR count). The third-order valence-electron chi connectivity index (χ3n) is 4.56. The van der Waals surface area contributed by atoms with Gasteiger partial charge in [-0.1, -0.05) is 41.5 Å². The van der Waals surface area contributed by atoms with Gasteiger partial charge < -0.3 is 9.85 Å². The highest BCUT2D eigenvalue weighted by molar-refractivity contribution is 4.99. The first-order valence-electron chi connectivity index (χ1n) is 6.31. The van der Waals surface area contributed by atoms with Crippen LogP contribution in [0.5, 0.6) is 0 Å². The van der Waals surface area contributed by atoms with Gasteiger partial charge in [0.1, 0.15) is 0 Å². The van der Waals surface area contributed by atoms with Gasteiger partial charge in [0.15, 0.2) is 0 Å². The summed E-state index contributed by atoms with van der Waals surface area (Å²) >= 11 is 0. The van der Waals surface area contributed by atoms with Crippen LogP contribution in [0.15, 0.2) is 0 Å². The van der Waals surface area contributed by atoms with Crippen LogP contribution in [-0.2, 0) is 4.74 Å². The quantitative estimate of drug-likeness (QED) is 0.769. The van der Waals surface area contributed by atoms with E-state index in [2.05, 4.69) is 48.5 Å². The molecule has 0 aromatic heterocycles. The molecule has 2 heteroatoms. The average Bonchev–Trinajstić information content (AvgIpc) is 2.42. The minimum atomic E-state index is -0.121. The fourth-order valence-electron chi connectivity index (χ4n) is 1.98. The lowest BCUT2D eigenvalue weighted by Gasteiger charge is -2.44. The van der Waals surface area contributed by atoms with Gasteiger partial charge in [0, 0.05) is 5.92 Å². The minimum absolute atomic E-state index is 0.00463. The second-order valence-corrected chi connectivity index (χ2v) is 6.56. The van der Waals surface area contributed by atoms with Gasteiger partial charge in [-0.15, -0.1) is 0 Å². The Hall–Kier alpha value is -0.0800. The van der Waals surface area contributed by atoms with Crippen molar-refractivity contribution in [3.8, 4) is 0 Å². The molecule has 1 heterocycles. The Balaban J connectivity index is 2.96. The molecule has 1 N–H and O–H groups in total. The van der Waals surface area contributed by atoms with Crippen molar-refractivity contribution >= 4 is 0 Å². The Morgan fingerprint density at radius 3 is 2.07 bits per heavy atom. The molecule has 0 aromatic rings. The van der Waals surface area contributed by atoms with Crippen LogP contribution in [0.4, 0.5) is 0 Å². The molecule has 0 radical (unpaired) electrons. The maximum absolute atomic E-state index is 7.26. The fraction of sp³-hybridized carbons (Fsp3) is 1.00. The minimum Gasteiger partial charge on any atom is -0.390 e. The third kappa shape index (κ3) is 2.07. The lowest BCUT2D eigenvalue weighted by molar-refractivity contribution is -0.0975. The number of hydrogen-bond acceptors (Lipinski definition) is 2. The molecule has 15 heavy (non-hydrogen) atoms.